The highest BCUT2D eigenvalue weighted by atomic mass is 32.1. The number of fused-ring (bicyclic) bond motifs is 3. The van der Waals surface area contributed by atoms with Crippen LogP contribution in [0, 0.1) is 0 Å². The Bertz CT molecular complexity index is 1010. The van der Waals surface area contributed by atoms with Gasteiger partial charge in [-0.2, -0.15) is 5.10 Å². The molecule has 0 aliphatic rings. The lowest BCUT2D eigenvalue weighted by Gasteiger charge is -2.08. The van der Waals surface area contributed by atoms with Gasteiger partial charge in [0.2, 0.25) is 0 Å². The lowest BCUT2D eigenvalue weighted by atomic mass is 10.4. The first-order chi connectivity index (χ1) is 11.6. The number of anilines is 1. The van der Waals surface area contributed by atoms with Crippen LogP contribution in [0.25, 0.3) is 15.3 Å². The van der Waals surface area contributed by atoms with Gasteiger partial charge in [-0.15, -0.1) is 22.7 Å². The fourth-order valence-electron chi connectivity index (χ4n) is 2.41. The van der Waals surface area contributed by atoms with Gasteiger partial charge < -0.3 is 10.2 Å². The Hall–Kier alpha value is -2.23. The number of carbonyl (C=O) groups is 1. The van der Waals surface area contributed by atoms with E-state index in [9.17, 15) is 4.79 Å². The molecule has 0 aromatic carbocycles. The molecule has 24 heavy (non-hydrogen) atoms. The maximum Gasteiger partial charge on any atom is 0.265 e. The number of likely N-dealkylation sites (N-methyl/N-ethyl adjacent to an activating group) is 1. The third-order valence-corrected chi connectivity index (χ3v) is 5.40. The number of rotatable bonds is 5. The third kappa shape index (κ3) is 2.81. The fourth-order valence-corrected chi connectivity index (χ4v) is 4.10. The number of aromatic nitrogens is 4. The predicted molar refractivity (Wildman–Crippen MR) is 97.2 cm³/mol. The van der Waals surface area contributed by atoms with Gasteiger partial charge in [0, 0.05) is 24.3 Å². The van der Waals surface area contributed by atoms with Gasteiger partial charge in [-0.05, 0) is 20.2 Å². The minimum atomic E-state index is -0.130. The summed E-state index contributed by atoms with van der Waals surface area (Å²) in [5.74, 6) is -0.130. The predicted octanol–water partition coefficient (Wildman–Crippen LogP) is 2.62. The molecule has 0 aliphatic carbocycles. The second-order valence-electron chi connectivity index (χ2n) is 5.72. The van der Waals surface area contributed by atoms with Gasteiger partial charge in [0.15, 0.2) is 4.96 Å². The van der Waals surface area contributed by atoms with Gasteiger partial charge in [0.05, 0.1) is 28.8 Å². The normalized spacial score (nSPS) is 11.8. The van der Waals surface area contributed by atoms with Crippen molar-refractivity contribution < 1.29 is 4.79 Å². The largest absolute Gasteiger partial charge is 0.319 e. The Balaban J connectivity index is 1.50. The van der Waals surface area contributed by atoms with Crippen molar-refractivity contribution in [2.45, 2.75) is 6.54 Å². The van der Waals surface area contributed by atoms with Crippen LogP contribution in [-0.4, -0.2) is 50.6 Å². The molecule has 124 valence electrons. The summed E-state index contributed by atoms with van der Waals surface area (Å²) < 4.78 is 3.83. The molecular formula is C15H16N6OS2. The van der Waals surface area contributed by atoms with E-state index in [1.54, 1.807) is 17.5 Å². The van der Waals surface area contributed by atoms with Crippen LogP contribution in [0.2, 0.25) is 0 Å². The van der Waals surface area contributed by atoms with Crippen LogP contribution >= 0.6 is 22.7 Å². The van der Waals surface area contributed by atoms with Crippen molar-refractivity contribution in [1.29, 1.82) is 0 Å². The van der Waals surface area contributed by atoms with E-state index in [1.165, 1.54) is 11.3 Å². The van der Waals surface area contributed by atoms with Crippen molar-refractivity contribution in [3.8, 4) is 0 Å². The summed E-state index contributed by atoms with van der Waals surface area (Å²) in [4.78, 5) is 21.6. The van der Waals surface area contributed by atoms with Gasteiger partial charge in [0.1, 0.15) is 4.83 Å². The Morgan fingerprint density at radius 1 is 1.42 bits per heavy atom. The number of imidazole rings is 1. The third-order valence-electron chi connectivity index (χ3n) is 3.63. The lowest BCUT2D eigenvalue weighted by Crippen LogP contribution is -2.18. The zero-order valence-electron chi connectivity index (χ0n) is 13.3. The Kier molecular flexibility index (Phi) is 3.83. The molecule has 1 N–H and O–H groups in total. The number of amides is 1. The van der Waals surface area contributed by atoms with Gasteiger partial charge in [-0.25, -0.2) is 4.98 Å². The highest BCUT2D eigenvalue weighted by molar-refractivity contribution is 7.21. The first kappa shape index (κ1) is 15.3. The zero-order chi connectivity index (χ0) is 16.7. The van der Waals surface area contributed by atoms with E-state index in [-0.39, 0.29) is 5.91 Å². The lowest BCUT2D eigenvalue weighted by molar-refractivity contribution is 0.103. The summed E-state index contributed by atoms with van der Waals surface area (Å²) in [6.45, 7) is 1.68. The number of thiazole rings is 1. The molecule has 0 saturated carbocycles. The summed E-state index contributed by atoms with van der Waals surface area (Å²) in [5, 5.41) is 9.15. The summed E-state index contributed by atoms with van der Waals surface area (Å²) in [7, 11) is 4.04. The number of hydrogen-bond acceptors (Lipinski definition) is 6. The molecule has 0 atom stereocenters. The van der Waals surface area contributed by atoms with E-state index in [1.807, 2.05) is 47.0 Å². The van der Waals surface area contributed by atoms with Crippen LogP contribution in [0.15, 0.2) is 30.0 Å². The van der Waals surface area contributed by atoms with Crippen molar-refractivity contribution >= 4 is 49.6 Å². The Labute approximate surface area is 146 Å². The molecule has 0 unspecified atom stereocenters. The molecule has 4 heterocycles. The summed E-state index contributed by atoms with van der Waals surface area (Å²) in [5.41, 5.74) is 1.68. The molecule has 9 heteroatoms. The van der Waals surface area contributed by atoms with Crippen LogP contribution in [0.4, 0.5) is 5.69 Å². The molecule has 0 saturated heterocycles. The topological polar surface area (TPSA) is 67.5 Å². The average Bonchev–Trinajstić information content (AvgIpc) is 3.25. The van der Waals surface area contributed by atoms with E-state index in [0.717, 1.165) is 28.4 Å². The number of nitrogens with zero attached hydrogens (tertiary/aromatic N) is 5. The number of carbonyl (C=O) groups excluding carboxylic acids is 1. The van der Waals surface area contributed by atoms with Crippen LogP contribution < -0.4 is 5.32 Å². The maximum atomic E-state index is 12.5. The number of hydrogen-bond donors (Lipinski definition) is 1. The van der Waals surface area contributed by atoms with E-state index in [4.69, 9.17) is 0 Å². The first-order valence-corrected chi connectivity index (χ1v) is 9.13. The van der Waals surface area contributed by atoms with Crippen LogP contribution in [-0.2, 0) is 6.54 Å². The van der Waals surface area contributed by atoms with Crippen LogP contribution in [0.1, 0.15) is 9.67 Å². The van der Waals surface area contributed by atoms with E-state index < -0.39 is 0 Å². The van der Waals surface area contributed by atoms with Crippen molar-refractivity contribution in [2.75, 3.05) is 26.0 Å². The number of thiophene rings is 1. The molecule has 4 aromatic heterocycles. The molecule has 0 radical (unpaired) electrons. The van der Waals surface area contributed by atoms with Gasteiger partial charge >= 0.3 is 0 Å². The second-order valence-corrected chi connectivity index (χ2v) is 7.62. The molecule has 7 nitrogen and oxygen atoms in total. The molecule has 4 aromatic rings. The average molecular weight is 360 g/mol. The standard InChI is InChI=1S/C15H16N6OS2/c1-19(2)3-4-20-9-10(8-16-20)17-13(22)12-7-11-14(24-12)18-15-21(11)5-6-23-15/h5-9H,3-4H2,1-2H3,(H,17,22). The summed E-state index contributed by atoms with van der Waals surface area (Å²) >= 11 is 2.99. The van der Waals surface area contributed by atoms with Gasteiger partial charge in [-0.3, -0.25) is 13.9 Å². The smallest absolute Gasteiger partial charge is 0.265 e. The molecule has 0 aliphatic heterocycles. The minimum absolute atomic E-state index is 0.130. The molecule has 0 bridgehead atoms. The zero-order valence-corrected chi connectivity index (χ0v) is 14.9. The molecule has 0 spiro atoms. The second kappa shape index (κ2) is 6.00. The fraction of sp³-hybridized carbons (Fsp3) is 0.267. The Morgan fingerprint density at radius 3 is 3.12 bits per heavy atom. The summed E-state index contributed by atoms with van der Waals surface area (Å²) in [6, 6.07) is 1.89. The number of nitrogens with one attached hydrogen (secondary N) is 1. The van der Waals surface area contributed by atoms with Crippen molar-refractivity contribution in [3.63, 3.8) is 0 Å². The van der Waals surface area contributed by atoms with E-state index in [2.05, 4.69) is 20.3 Å². The monoisotopic (exact) mass is 360 g/mol. The van der Waals surface area contributed by atoms with Gasteiger partial charge in [0.25, 0.3) is 5.91 Å². The van der Waals surface area contributed by atoms with Crippen molar-refractivity contribution in [3.05, 3.63) is 34.9 Å². The minimum Gasteiger partial charge on any atom is -0.319 e. The summed E-state index contributed by atoms with van der Waals surface area (Å²) in [6.07, 6.45) is 5.49. The van der Waals surface area contributed by atoms with Crippen molar-refractivity contribution in [1.82, 2.24) is 24.1 Å². The molecular weight excluding hydrogens is 344 g/mol. The Morgan fingerprint density at radius 2 is 2.29 bits per heavy atom. The van der Waals surface area contributed by atoms with E-state index >= 15 is 0 Å². The van der Waals surface area contributed by atoms with Gasteiger partial charge in [-0.1, -0.05) is 0 Å². The van der Waals surface area contributed by atoms with Crippen LogP contribution in [0.5, 0.6) is 0 Å². The maximum absolute atomic E-state index is 12.5. The van der Waals surface area contributed by atoms with Crippen molar-refractivity contribution in [2.24, 2.45) is 0 Å². The highest BCUT2D eigenvalue weighted by Crippen LogP contribution is 2.28. The molecule has 1 amide bonds. The highest BCUT2D eigenvalue weighted by Gasteiger charge is 2.15. The quantitative estimate of drug-likeness (QED) is 0.594. The van der Waals surface area contributed by atoms with E-state index in [0.29, 0.717) is 10.6 Å². The molecule has 4 rings (SSSR count). The van der Waals surface area contributed by atoms with Crippen LogP contribution in [0.3, 0.4) is 0 Å². The SMILES string of the molecule is CN(C)CCn1cc(NC(=O)c2cc3c(nc4sccn43)s2)cn1. The molecule has 0 fully saturated rings. The first-order valence-electron chi connectivity index (χ1n) is 7.44.